The van der Waals surface area contributed by atoms with Gasteiger partial charge in [0.25, 0.3) is 0 Å². The van der Waals surface area contributed by atoms with Crippen LogP contribution < -0.4 is 4.90 Å². The molecule has 1 atom stereocenters. The second-order valence-corrected chi connectivity index (χ2v) is 6.10. The van der Waals surface area contributed by atoms with Gasteiger partial charge < -0.3 is 14.5 Å². The van der Waals surface area contributed by atoms with Crippen LogP contribution in [0.25, 0.3) is 0 Å². The van der Waals surface area contributed by atoms with E-state index in [2.05, 4.69) is 0 Å². The lowest BCUT2D eigenvalue weighted by molar-refractivity contribution is -0.124. The number of likely N-dealkylation sites (N-methyl/N-ethyl adjacent to an activating group) is 1. The van der Waals surface area contributed by atoms with Crippen LogP contribution in [-0.4, -0.2) is 43.6 Å². The number of rotatable bonds is 2. The lowest BCUT2D eigenvalue weighted by Gasteiger charge is -2.38. The van der Waals surface area contributed by atoms with E-state index in [0.717, 1.165) is 30.5 Å². The highest BCUT2D eigenvalue weighted by Gasteiger charge is 2.52. The number of benzene rings is 1. The lowest BCUT2D eigenvalue weighted by Crippen LogP contribution is -2.53. The largest absolute Gasteiger partial charge is 0.449 e. The van der Waals surface area contributed by atoms with Crippen LogP contribution in [0.4, 0.5) is 10.5 Å². The molecule has 0 aliphatic carbocycles. The fraction of sp³-hybridized carbons (Fsp3) is 0.529. The molecule has 3 rings (SSSR count). The topological polar surface area (TPSA) is 49.9 Å². The zero-order chi connectivity index (χ0) is 15.7. The van der Waals surface area contributed by atoms with Crippen LogP contribution in [0.1, 0.15) is 31.7 Å². The first kappa shape index (κ1) is 14.9. The Kier molecular flexibility index (Phi) is 3.81. The molecule has 1 fully saturated rings. The van der Waals surface area contributed by atoms with E-state index in [1.54, 1.807) is 9.80 Å². The number of carbonyl (C=O) groups excluding carboxylic acids is 2. The summed E-state index contributed by atoms with van der Waals surface area (Å²) < 4.78 is 5.25. The third kappa shape index (κ3) is 2.16. The van der Waals surface area contributed by atoms with Crippen molar-refractivity contribution in [3.8, 4) is 0 Å². The minimum atomic E-state index is -0.602. The molecule has 1 aromatic rings. The van der Waals surface area contributed by atoms with Gasteiger partial charge in [-0.25, -0.2) is 4.79 Å². The second kappa shape index (κ2) is 5.63. The van der Waals surface area contributed by atoms with E-state index >= 15 is 0 Å². The highest BCUT2D eigenvalue weighted by Crippen LogP contribution is 2.46. The number of nitrogens with zero attached hydrogens (tertiary/aromatic N) is 2. The van der Waals surface area contributed by atoms with Crippen molar-refractivity contribution in [2.45, 2.75) is 31.6 Å². The summed E-state index contributed by atoms with van der Waals surface area (Å²) in [4.78, 5) is 28.5. The van der Waals surface area contributed by atoms with Crippen molar-refractivity contribution in [3.05, 3.63) is 29.8 Å². The molecule has 0 unspecified atom stereocenters. The first-order valence-electron chi connectivity index (χ1n) is 7.89. The minimum Gasteiger partial charge on any atom is -0.449 e. The van der Waals surface area contributed by atoms with E-state index in [1.165, 1.54) is 0 Å². The highest BCUT2D eigenvalue weighted by atomic mass is 16.6. The van der Waals surface area contributed by atoms with Gasteiger partial charge in [0, 0.05) is 25.8 Å². The smallest absolute Gasteiger partial charge is 0.409 e. The van der Waals surface area contributed by atoms with Gasteiger partial charge in [-0.1, -0.05) is 25.1 Å². The highest BCUT2D eigenvalue weighted by molar-refractivity contribution is 6.08. The molecule has 2 heterocycles. The van der Waals surface area contributed by atoms with Gasteiger partial charge >= 0.3 is 6.09 Å². The maximum absolute atomic E-state index is 12.9. The predicted octanol–water partition coefficient (Wildman–Crippen LogP) is 2.54. The van der Waals surface area contributed by atoms with Crippen molar-refractivity contribution >= 4 is 17.7 Å². The molecule has 118 valence electrons. The monoisotopic (exact) mass is 302 g/mol. The van der Waals surface area contributed by atoms with Crippen molar-refractivity contribution in [1.82, 2.24) is 4.90 Å². The molecule has 5 nitrogen and oxygen atoms in total. The SMILES string of the molecule is CCCOC(=O)N1CCC[C@]2(C1)C(=O)N(C)c1ccccc12. The van der Waals surface area contributed by atoms with Crippen molar-refractivity contribution in [1.29, 1.82) is 0 Å². The van der Waals surface area contributed by atoms with Crippen LogP contribution >= 0.6 is 0 Å². The molecule has 0 N–H and O–H groups in total. The number of para-hydroxylation sites is 1. The Morgan fingerprint density at radius 1 is 1.36 bits per heavy atom. The summed E-state index contributed by atoms with van der Waals surface area (Å²) in [5.41, 5.74) is 1.39. The van der Waals surface area contributed by atoms with Crippen LogP contribution in [0.2, 0.25) is 0 Å². The number of hydrogen-bond acceptors (Lipinski definition) is 3. The quantitative estimate of drug-likeness (QED) is 0.843. The van der Waals surface area contributed by atoms with E-state index in [9.17, 15) is 9.59 Å². The molecule has 2 aliphatic heterocycles. The van der Waals surface area contributed by atoms with Gasteiger partial charge in [0.2, 0.25) is 5.91 Å². The molecule has 1 saturated heterocycles. The average Bonchev–Trinajstić information content (AvgIpc) is 2.76. The second-order valence-electron chi connectivity index (χ2n) is 6.10. The third-order valence-corrected chi connectivity index (χ3v) is 4.68. The van der Waals surface area contributed by atoms with Crippen molar-refractivity contribution in [2.75, 3.05) is 31.6 Å². The molecule has 0 aromatic heterocycles. The van der Waals surface area contributed by atoms with Crippen LogP contribution in [-0.2, 0) is 14.9 Å². The van der Waals surface area contributed by atoms with E-state index in [4.69, 9.17) is 4.74 Å². The molecule has 1 aromatic carbocycles. The van der Waals surface area contributed by atoms with Crippen LogP contribution in [0.3, 0.4) is 0 Å². The molecule has 2 amide bonds. The van der Waals surface area contributed by atoms with Crippen LogP contribution in [0.15, 0.2) is 24.3 Å². The van der Waals surface area contributed by atoms with Gasteiger partial charge in [-0.15, -0.1) is 0 Å². The number of carbonyl (C=O) groups is 2. The minimum absolute atomic E-state index is 0.0849. The average molecular weight is 302 g/mol. The van der Waals surface area contributed by atoms with Crippen molar-refractivity contribution in [3.63, 3.8) is 0 Å². The molecule has 2 aliphatic rings. The first-order chi connectivity index (χ1) is 10.6. The van der Waals surface area contributed by atoms with Gasteiger partial charge in [0.15, 0.2) is 0 Å². The summed E-state index contributed by atoms with van der Waals surface area (Å²) in [6.07, 6.45) is 2.09. The Bertz CT molecular complexity index is 601. The fourth-order valence-corrected chi connectivity index (χ4v) is 3.60. The molecule has 22 heavy (non-hydrogen) atoms. The van der Waals surface area contributed by atoms with E-state index in [1.807, 2.05) is 38.2 Å². The van der Waals surface area contributed by atoms with Gasteiger partial charge in [0.1, 0.15) is 0 Å². The summed E-state index contributed by atoms with van der Waals surface area (Å²) in [5.74, 6) is 0.0849. The van der Waals surface area contributed by atoms with Gasteiger partial charge in [-0.2, -0.15) is 0 Å². The first-order valence-corrected chi connectivity index (χ1v) is 7.89. The maximum Gasteiger partial charge on any atom is 0.409 e. The van der Waals surface area contributed by atoms with Crippen LogP contribution in [0.5, 0.6) is 0 Å². The summed E-state index contributed by atoms with van der Waals surface area (Å²) in [6.45, 7) is 3.46. The number of piperidine rings is 1. The predicted molar refractivity (Wildman–Crippen MR) is 84.0 cm³/mol. The molecule has 5 heteroatoms. The Morgan fingerprint density at radius 3 is 2.91 bits per heavy atom. The number of likely N-dealkylation sites (tertiary alicyclic amines) is 1. The Labute approximate surface area is 130 Å². The zero-order valence-electron chi connectivity index (χ0n) is 13.2. The number of amides is 2. The zero-order valence-corrected chi connectivity index (χ0v) is 13.2. The van der Waals surface area contributed by atoms with E-state index < -0.39 is 5.41 Å². The molecular weight excluding hydrogens is 280 g/mol. The van der Waals surface area contributed by atoms with E-state index in [-0.39, 0.29) is 12.0 Å². The Morgan fingerprint density at radius 2 is 2.14 bits per heavy atom. The molecule has 0 radical (unpaired) electrons. The van der Waals surface area contributed by atoms with Gasteiger partial charge in [0.05, 0.1) is 12.0 Å². The van der Waals surface area contributed by atoms with Gasteiger partial charge in [-0.05, 0) is 30.9 Å². The molecule has 0 bridgehead atoms. The Balaban J connectivity index is 1.90. The number of ether oxygens (including phenoxy) is 1. The molecule has 0 saturated carbocycles. The van der Waals surface area contributed by atoms with E-state index in [0.29, 0.717) is 19.7 Å². The summed E-state index contributed by atoms with van der Waals surface area (Å²) >= 11 is 0. The lowest BCUT2D eigenvalue weighted by atomic mass is 9.75. The standard InChI is InChI=1S/C17H22N2O3/c1-3-11-22-16(21)19-10-6-9-17(12-19)13-7-4-5-8-14(13)18(2)15(17)20/h4-5,7-8H,3,6,9-12H2,1-2H3/t17-/m1/s1. The van der Waals surface area contributed by atoms with Crippen molar-refractivity contribution in [2.24, 2.45) is 0 Å². The number of hydrogen-bond donors (Lipinski definition) is 0. The summed E-state index contributed by atoms with van der Waals surface area (Å²) in [7, 11) is 1.81. The van der Waals surface area contributed by atoms with Crippen LogP contribution in [0, 0.1) is 0 Å². The third-order valence-electron chi connectivity index (χ3n) is 4.68. The number of anilines is 1. The normalized spacial score (nSPS) is 23.8. The maximum atomic E-state index is 12.9. The Hall–Kier alpha value is -2.04. The van der Waals surface area contributed by atoms with Crippen molar-refractivity contribution < 1.29 is 14.3 Å². The molecule has 1 spiro atoms. The number of fused-ring (bicyclic) bond motifs is 2. The van der Waals surface area contributed by atoms with Gasteiger partial charge in [-0.3, -0.25) is 4.79 Å². The molecular formula is C17H22N2O3. The summed E-state index contributed by atoms with van der Waals surface area (Å²) in [6, 6.07) is 7.88. The fourth-order valence-electron chi connectivity index (χ4n) is 3.60. The summed E-state index contributed by atoms with van der Waals surface area (Å²) in [5, 5.41) is 0.